The van der Waals surface area contributed by atoms with E-state index in [0.29, 0.717) is 6.54 Å². The number of aromatic nitrogens is 3. The van der Waals surface area contributed by atoms with Gasteiger partial charge in [-0.25, -0.2) is 9.97 Å². The van der Waals surface area contributed by atoms with Crippen molar-refractivity contribution in [2.24, 2.45) is 0 Å². The summed E-state index contributed by atoms with van der Waals surface area (Å²) in [5.41, 5.74) is 3.17. The van der Waals surface area contributed by atoms with Crippen LogP contribution in [0, 0.1) is 13.8 Å². The molecule has 2 aromatic heterocycles. The molecule has 0 saturated carbocycles. The standard InChI is InChI=1S/C13H17N5/c1-9-4-5-11(6-15-9)7-16-13-10(2)12(14-3)17-8-18-13/h4-6,8H,7H2,1-3H3,(H2,14,16,17,18). The van der Waals surface area contributed by atoms with Crippen LogP contribution in [0.3, 0.4) is 0 Å². The Morgan fingerprint density at radius 2 is 1.83 bits per heavy atom. The molecule has 0 radical (unpaired) electrons. The molecule has 0 spiro atoms. The number of nitrogens with zero attached hydrogens (tertiary/aromatic N) is 3. The van der Waals surface area contributed by atoms with E-state index in [2.05, 4.69) is 31.7 Å². The molecule has 18 heavy (non-hydrogen) atoms. The van der Waals surface area contributed by atoms with Gasteiger partial charge in [-0.2, -0.15) is 0 Å². The number of anilines is 2. The van der Waals surface area contributed by atoms with Crippen molar-refractivity contribution in [3.63, 3.8) is 0 Å². The molecule has 0 fully saturated rings. The molecule has 0 aliphatic heterocycles. The van der Waals surface area contributed by atoms with E-state index in [4.69, 9.17) is 0 Å². The second-order valence-corrected chi connectivity index (χ2v) is 4.11. The van der Waals surface area contributed by atoms with Crippen molar-refractivity contribution in [2.45, 2.75) is 20.4 Å². The van der Waals surface area contributed by atoms with Gasteiger partial charge in [0.25, 0.3) is 0 Å². The minimum absolute atomic E-state index is 0.703. The van der Waals surface area contributed by atoms with E-state index in [9.17, 15) is 0 Å². The molecule has 0 aromatic carbocycles. The molecule has 2 N–H and O–H groups in total. The van der Waals surface area contributed by atoms with Crippen molar-refractivity contribution in [3.05, 3.63) is 41.5 Å². The Labute approximate surface area is 107 Å². The Kier molecular flexibility index (Phi) is 3.72. The molecule has 5 nitrogen and oxygen atoms in total. The second-order valence-electron chi connectivity index (χ2n) is 4.11. The third kappa shape index (κ3) is 2.74. The first-order valence-corrected chi connectivity index (χ1v) is 5.85. The smallest absolute Gasteiger partial charge is 0.134 e. The molecule has 94 valence electrons. The van der Waals surface area contributed by atoms with Crippen molar-refractivity contribution >= 4 is 11.6 Å². The van der Waals surface area contributed by atoms with Crippen LogP contribution in [0.4, 0.5) is 11.6 Å². The van der Waals surface area contributed by atoms with Gasteiger partial charge in [-0.3, -0.25) is 4.98 Å². The van der Waals surface area contributed by atoms with Gasteiger partial charge in [-0.1, -0.05) is 6.07 Å². The highest BCUT2D eigenvalue weighted by molar-refractivity contribution is 5.56. The number of hydrogen-bond acceptors (Lipinski definition) is 5. The maximum absolute atomic E-state index is 4.26. The minimum Gasteiger partial charge on any atom is -0.373 e. The maximum atomic E-state index is 4.26. The van der Waals surface area contributed by atoms with E-state index in [1.807, 2.05) is 33.2 Å². The van der Waals surface area contributed by atoms with E-state index in [0.717, 1.165) is 28.5 Å². The van der Waals surface area contributed by atoms with Crippen molar-refractivity contribution < 1.29 is 0 Å². The van der Waals surface area contributed by atoms with Gasteiger partial charge >= 0.3 is 0 Å². The zero-order chi connectivity index (χ0) is 13.0. The lowest BCUT2D eigenvalue weighted by Crippen LogP contribution is -2.06. The van der Waals surface area contributed by atoms with Crippen LogP contribution in [0.5, 0.6) is 0 Å². The monoisotopic (exact) mass is 243 g/mol. The van der Waals surface area contributed by atoms with Gasteiger partial charge in [0.2, 0.25) is 0 Å². The van der Waals surface area contributed by atoms with Gasteiger partial charge in [0.15, 0.2) is 0 Å². The van der Waals surface area contributed by atoms with Crippen LogP contribution in [0.2, 0.25) is 0 Å². The van der Waals surface area contributed by atoms with Crippen LogP contribution in [-0.4, -0.2) is 22.0 Å². The largest absolute Gasteiger partial charge is 0.373 e. The number of hydrogen-bond donors (Lipinski definition) is 2. The predicted molar refractivity (Wildman–Crippen MR) is 72.6 cm³/mol. The van der Waals surface area contributed by atoms with Crippen molar-refractivity contribution in [1.29, 1.82) is 0 Å². The summed E-state index contributed by atoms with van der Waals surface area (Å²) in [7, 11) is 1.85. The van der Waals surface area contributed by atoms with Crippen molar-refractivity contribution in [1.82, 2.24) is 15.0 Å². The molecule has 0 unspecified atom stereocenters. The summed E-state index contributed by atoms with van der Waals surface area (Å²) in [6.07, 6.45) is 3.42. The summed E-state index contributed by atoms with van der Waals surface area (Å²) < 4.78 is 0. The highest BCUT2D eigenvalue weighted by atomic mass is 15.1. The van der Waals surface area contributed by atoms with Crippen molar-refractivity contribution in [3.8, 4) is 0 Å². The summed E-state index contributed by atoms with van der Waals surface area (Å²) in [5.74, 6) is 1.68. The van der Waals surface area contributed by atoms with E-state index in [-0.39, 0.29) is 0 Å². The molecular weight excluding hydrogens is 226 g/mol. The van der Waals surface area contributed by atoms with E-state index < -0.39 is 0 Å². The van der Waals surface area contributed by atoms with Crippen molar-refractivity contribution in [2.75, 3.05) is 17.7 Å². The summed E-state index contributed by atoms with van der Waals surface area (Å²) in [6.45, 7) is 4.67. The Morgan fingerprint density at radius 3 is 2.50 bits per heavy atom. The van der Waals surface area contributed by atoms with E-state index >= 15 is 0 Å². The first-order chi connectivity index (χ1) is 8.70. The average molecular weight is 243 g/mol. The zero-order valence-electron chi connectivity index (χ0n) is 10.9. The van der Waals surface area contributed by atoms with Crippen LogP contribution >= 0.6 is 0 Å². The van der Waals surface area contributed by atoms with Gasteiger partial charge in [0.05, 0.1) is 0 Å². The summed E-state index contributed by atoms with van der Waals surface area (Å²) >= 11 is 0. The molecule has 0 bridgehead atoms. The molecule has 0 atom stereocenters. The molecule has 2 heterocycles. The molecule has 0 aliphatic carbocycles. The van der Waals surface area contributed by atoms with E-state index in [1.54, 1.807) is 6.33 Å². The maximum Gasteiger partial charge on any atom is 0.134 e. The van der Waals surface area contributed by atoms with Crippen LogP contribution in [0.15, 0.2) is 24.7 Å². The fourth-order valence-corrected chi connectivity index (χ4v) is 1.67. The lowest BCUT2D eigenvalue weighted by atomic mass is 10.2. The summed E-state index contributed by atoms with van der Waals surface area (Å²) in [4.78, 5) is 12.6. The minimum atomic E-state index is 0.703. The normalized spacial score (nSPS) is 10.2. The number of aryl methyl sites for hydroxylation is 1. The molecule has 5 heteroatoms. The number of rotatable bonds is 4. The highest BCUT2D eigenvalue weighted by Crippen LogP contribution is 2.18. The number of nitrogens with one attached hydrogen (secondary N) is 2. The quantitative estimate of drug-likeness (QED) is 0.861. The predicted octanol–water partition coefficient (Wildman–Crippen LogP) is 2.14. The third-order valence-corrected chi connectivity index (χ3v) is 2.75. The Bertz CT molecular complexity index is 521. The summed E-state index contributed by atoms with van der Waals surface area (Å²) in [6, 6.07) is 4.06. The molecule has 0 amide bonds. The third-order valence-electron chi connectivity index (χ3n) is 2.75. The topological polar surface area (TPSA) is 62.7 Å². The SMILES string of the molecule is CNc1ncnc(NCc2ccc(C)nc2)c1C. The second kappa shape index (κ2) is 5.44. The average Bonchev–Trinajstić information content (AvgIpc) is 2.39. The van der Waals surface area contributed by atoms with Gasteiger partial charge in [-0.05, 0) is 25.5 Å². The van der Waals surface area contributed by atoms with Gasteiger partial charge in [0, 0.05) is 31.0 Å². The first-order valence-electron chi connectivity index (χ1n) is 5.85. The van der Waals surface area contributed by atoms with E-state index in [1.165, 1.54) is 0 Å². The first kappa shape index (κ1) is 12.3. The lowest BCUT2D eigenvalue weighted by Gasteiger charge is -2.10. The fourth-order valence-electron chi connectivity index (χ4n) is 1.67. The molecule has 2 rings (SSSR count). The van der Waals surface area contributed by atoms with Gasteiger partial charge < -0.3 is 10.6 Å². The van der Waals surface area contributed by atoms with Crippen LogP contribution in [-0.2, 0) is 6.54 Å². The summed E-state index contributed by atoms with van der Waals surface area (Å²) in [5, 5.41) is 6.33. The Balaban J connectivity index is 2.08. The number of pyridine rings is 1. The van der Waals surface area contributed by atoms with Crippen LogP contribution in [0.1, 0.15) is 16.8 Å². The molecule has 2 aromatic rings. The van der Waals surface area contributed by atoms with Crippen LogP contribution in [0.25, 0.3) is 0 Å². The van der Waals surface area contributed by atoms with Crippen LogP contribution < -0.4 is 10.6 Å². The fraction of sp³-hybridized carbons (Fsp3) is 0.308. The molecular formula is C13H17N5. The molecule has 0 saturated heterocycles. The van der Waals surface area contributed by atoms with Gasteiger partial charge in [-0.15, -0.1) is 0 Å². The Morgan fingerprint density at radius 1 is 1.06 bits per heavy atom. The highest BCUT2D eigenvalue weighted by Gasteiger charge is 2.04. The Hall–Kier alpha value is -2.17. The van der Waals surface area contributed by atoms with Gasteiger partial charge in [0.1, 0.15) is 18.0 Å². The lowest BCUT2D eigenvalue weighted by molar-refractivity contribution is 1.04. The zero-order valence-corrected chi connectivity index (χ0v) is 10.9. The molecule has 0 aliphatic rings.